The lowest BCUT2D eigenvalue weighted by atomic mass is 9.81. The first-order valence-corrected chi connectivity index (χ1v) is 41.7. The van der Waals surface area contributed by atoms with Gasteiger partial charge in [0.1, 0.15) is 55.7 Å². The number of amides is 7. The number of nitrogens with two attached hydrogens (primary N) is 2. The van der Waals surface area contributed by atoms with Crippen molar-refractivity contribution in [2.45, 2.75) is 166 Å². The van der Waals surface area contributed by atoms with E-state index in [1.165, 1.54) is 10.6 Å². The third-order valence-corrected chi connectivity index (χ3v) is 20.7. The number of rotatable bonds is 61. The molecule has 0 radical (unpaired) electrons. The van der Waals surface area contributed by atoms with Crippen LogP contribution in [0.15, 0.2) is 41.2 Å². The normalized spacial score (nSPS) is 19.0. The summed E-state index contributed by atoms with van der Waals surface area (Å²) in [6.07, 6.45) is -6.18. The number of hydrogen-bond acceptors (Lipinski definition) is 31. The van der Waals surface area contributed by atoms with Crippen LogP contribution in [-0.2, 0) is 132 Å². The Bertz CT molecular complexity index is 4100. The topological polar surface area (TPSA) is 547 Å². The van der Waals surface area contributed by atoms with E-state index >= 15 is 4.39 Å². The number of carboxylic acid groups (broad SMARTS) is 1. The van der Waals surface area contributed by atoms with Crippen LogP contribution in [0.25, 0.3) is 22.3 Å². The fraction of sp³-hybridized carbons (Fsp3) is 0.659. The maximum atomic E-state index is 15.5. The number of aryl methyl sites for hydroxylation is 1. The van der Waals surface area contributed by atoms with Gasteiger partial charge in [-0.2, -0.15) is 0 Å². The first kappa shape index (κ1) is 99.8. The van der Waals surface area contributed by atoms with Gasteiger partial charge in [-0.05, 0) is 105 Å². The molecule has 0 spiro atoms. The Labute approximate surface area is 711 Å². The van der Waals surface area contributed by atoms with Gasteiger partial charge in [0, 0.05) is 54.3 Å². The number of urea groups is 1. The summed E-state index contributed by atoms with van der Waals surface area (Å²) >= 11 is 0. The number of benzene rings is 2. The van der Waals surface area contributed by atoms with E-state index in [1.807, 2.05) is 0 Å². The second-order valence-electron chi connectivity index (χ2n) is 29.8. The van der Waals surface area contributed by atoms with Gasteiger partial charge in [0.05, 0.1) is 200 Å². The molecule has 0 saturated carbocycles. The summed E-state index contributed by atoms with van der Waals surface area (Å²) in [5.41, 5.74) is 13.6. The first-order valence-electron chi connectivity index (χ1n) is 41.7. The summed E-state index contributed by atoms with van der Waals surface area (Å²) < 4.78 is 99.2. The number of anilines is 1. The summed E-state index contributed by atoms with van der Waals surface area (Å²) in [4.78, 5) is 122. The van der Waals surface area contributed by atoms with Crippen molar-refractivity contribution in [3.05, 3.63) is 91.5 Å². The Morgan fingerprint density at radius 2 is 1.20 bits per heavy atom. The number of carbonyl (C=O) groups excluding carboxylic acids is 7. The predicted molar refractivity (Wildman–Crippen MR) is 436 cm³/mol. The first-order chi connectivity index (χ1) is 59.3. The molecule has 16 N–H and O–H groups in total. The molecular formula is C82H122FN11O29. The standard InChI is InChI=1S/C82H122FN11O29/c1-5-82(108)57-45-63-68-55(47-94(63)77(102)56(57)49-121-79(82)105)66-60(16-15-54-51(4)58(83)46-62(90-68)65(54)66)92-81(107)122-48-52-11-13-53(14-12-52)89-74(100)61(10-8-19-88-80(85)106)91-75(101)67(50(2)3)93-73(99)59(84)9-6-7-18-86-64(95)17-21-109-23-25-111-27-29-113-31-33-115-35-37-117-39-41-119-43-44-120-42-40-118-38-36-116-34-32-114-30-28-112-26-24-110-22-20-87-76-71(98)69(96)70(97)72(123-76)78(103)104/h11-14,45-46,50,59-61,67,69-72,76,87,96-98,108H,5-10,15-44,47-49,84H2,1-4H3,(H,86,95)(H,89,100)(H,91,101)(H,92,107)(H,93,99)(H,103,104)(H3,85,88,106)/t59-,60-,61-,67-,69-,70-,71+,72-,76?,82-/m0/s1. The third kappa shape index (κ3) is 31.2. The fourth-order valence-electron chi connectivity index (χ4n) is 13.9. The molecule has 7 amide bonds. The number of nitrogens with one attached hydrogen (secondary N) is 7. The molecule has 2 aromatic carbocycles. The van der Waals surface area contributed by atoms with Crippen LogP contribution in [0, 0.1) is 18.7 Å². The lowest BCUT2D eigenvalue weighted by molar-refractivity contribution is -0.234. The van der Waals surface area contributed by atoms with Gasteiger partial charge in [-0.25, -0.2) is 28.6 Å². The molecule has 1 saturated heterocycles. The van der Waals surface area contributed by atoms with E-state index in [-0.39, 0.29) is 108 Å². The number of cyclic esters (lactones) is 1. The minimum atomic E-state index is -2.06. The number of esters is 1. The number of aliphatic hydroxyl groups is 4. The van der Waals surface area contributed by atoms with Crippen molar-refractivity contribution in [1.82, 2.24) is 41.5 Å². The molecule has 8 rings (SSSR count). The Morgan fingerprint density at radius 1 is 0.650 bits per heavy atom. The quantitative estimate of drug-likeness (QED) is 0.0182. The highest BCUT2D eigenvalue weighted by Gasteiger charge is 2.48. The Kier molecular flexibility index (Phi) is 42.9. The molecule has 1 aliphatic carbocycles. The van der Waals surface area contributed by atoms with Gasteiger partial charge in [0.2, 0.25) is 23.6 Å². The summed E-state index contributed by atoms with van der Waals surface area (Å²) in [7, 11) is 0. The fourth-order valence-corrected chi connectivity index (χ4v) is 13.9. The number of unbranched alkanes of at least 4 members (excludes halogenated alkanes) is 1. The molecular weight excluding hydrogens is 1620 g/mol. The van der Waals surface area contributed by atoms with E-state index < -0.39 is 119 Å². The van der Waals surface area contributed by atoms with Gasteiger partial charge in [-0.3, -0.25) is 29.3 Å². The number of hydrogen-bond donors (Lipinski definition) is 14. The van der Waals surface area contributed by atoms with Crippen molar-refractivity contribution in [1.29, 1.82) is 0 Å². The number of carbonyl (C=O) groups is 8. The molecule has 686 valence electrons. The molecule has 40 nitrogen and oxygen atoms in total. The maximum absolute atomic E-state index is 15.5. The molecule has 1 unspecified atom stereocenters. The highest BCUT2D eigenvalue weighted by atomic mass is 19.1. The van der Waals surface area contributed by atoms with Crippen molar-refractivity contribution in [2.24, 2.45) is 17.4 Å². The number of primary amides is 1. The smallest absolute Gasteiger partial charge is 0.407 e. The number of carboxylic acids is 1. The number of aliphatic carboxylic acids is 1. The molecule has 41 heteroatoms. The van der Waals surface area contributed by atoms with E-state index in [1.54, 1.807) is 58.0 Å². The molecule has 4 aromatic rings. The number of ether oxygens (including phenoxy) is 15. The highest BCUT2D eigenvalue weighted by Crippen LogP contribution is 2.46. The van der Waals surface area contributed by atoms with Gasteiger partial charge in [-0.1, -0.05) is 32.9 Å². The van der Waals surface area contributed by atoms with Crippen LogP contribution in [0.1, 0.15) is 117 Å². The number of pyridine rings is 2. The second kappa shape index (κ2) is 53.0. The number of fused-ring (bicyclic) bond motifs is 5. The van der Waals surface area contributed by atoms with Crippen LogP contribution >= 0.6 is 0 Å². The number of alkyl carbamates (subject to hydrolysis) is 1. The lowest BCUT2D eigenvalue weighted by Crippen LogP contribution is -2.63. The Hall–Kier alpha value is -8.67. The zero-order chi connectivity index (χ0) is 88.6. The lowest BCUT2D eigenvalue weighted by Gasteiger charge is -2.39. The third-order valence-electron chi connectivity index (χ3n) is 20.7. The Balaban J connectivity index is 0.587. The Morgan fingerprint density at radius 3 is 1.73 bits per heavy atom. The van der Waals surface area contributed by atoms with E-state index in [9.17, 15) is 63.6 Å². The highest BCUT2D eigenvalue weighted by molar-refractivity contribution is 5.99. The van der Waals surface area contributed by atoms with Crippen LogP contribution in [0.4, 0.5) is 19.7 Å². The van der Waals surface area contributed by atoms with Crippen molar-refractivity contribution < 1.29 is 139 Å². The van der Waals surface area contributed by atoms with E-state index in [4.69, 9.17) is 92.6 Å². The van der Waals surface area contributed by atoms with Crippen LogP contribution < -0.4 is 54.2 Å². The molecule has 1 fully saturated rings. The van der Waals surface area contributed by atoms with Crippen molar-refractivity contribution in [3.8, 4) is 11.4 Å². The average molecular weight is 1740 g/mol. The molecule has 3 aliphatic heterocycles. The average Bonchev–Trinajstić information content (AvgIpc) is 1.57. The van der Waals surface area contributed by atoms with Gasteiger partial charge < -0.3 is 145 Å². The second-order valence-corrected chi connectivity index (χ2v) is 29.8. The van der Waals surface area contributed by atoms with E-state index in [2.05, 4.69) is 37.2 Å². The summed E-state index contributed by atoms with van der Waals surface area (Å²) in [6.45, 7) is 15.7. The largest absolute Gasteiger partial charge is 0.479 e. The zero-order valence-corrected chi connectivity index (χ0v) is 70.3. The molecule has 4 aliphatic rings. The van der Waals surface area contributed by atoms with Crippen molar-refractivity contribution in [3.63, 3.8) is 0 Å². The molecule has 2 aromatic heterocycles. The monoisotopic (exact) mass is 1740 g/mol. The number of nitrogens with zero attached hydrogens (tertiary/aromatic N) is 2. The summed E-state index contributed by atoms with van der Waals surface area (Å²) in [6, 6.07) is 4.65. The molecule has 10 atom stereocenters. The van der Waals surface area contributed by atoms with Crippen LogP contribution in [-0.4, -0.2) is 310 Å². The predicted octanol–water partition coefficient (Wildman–Crippen LogP) is 0.138. The number of aliphatic hydroxyl groups excluding tert-OH is 3. The van der Waals surface area contributed by atoms with Crippen molar-refractivity contribution in [2.75, 3.05) is 184 Å². The van der Waals surface area contributed by atoms with E-state index in [0.717, 1.165) is 5.56 Å². The van der Waals surface area contributed by atoms with Gasteiger partial charge in [0.25, 0.3) is 5.56 Å². The SMILES string of the molecule is CC[C@@]1(O)C(=O)OCc2c1cc1n(c2=O)Cc2c-1nc1cc(F)c(C)c3c1c2[C@@H](NC(=O)OCc1ccc(NC(=O)[C@H](CCCNC(N)=O)NC(=O)[C@@H](NC(=O)[C@@H](N)CCCCNC(=O)CCOCCOCCOCCOCCOCCOCCOCCOCCOCCOCCOCCOCCNC2O[C@H](C(=O)O)[C@@H](O)[C@H](O)[C@H]2O)C(C)C)cc1)CC3. The zero-order valence-electron chi connectivity index (χ0n) is 70.3. The van der Waals surface area contributed by atoms with E-state index in [0.29, 0.717) is 215 Å². The number of halogens is 1. The molecule has 5 heterocycles. The summed E-state index contributed by atoms with van der Waals surface area (Å²) in [5, 5.41) is 70.2. The van der Waals surface area contributed by atoms with Crippen LogP contribution in [0.3, 0.4) is 0 Å². The van der Waals surface area contributed by atoms with Crippen LogP contribution in [0.2, 0.25) is 0 Å². The van der Waals surface area contributed by atoms with Gasteiger partial charge in [0.15, 0.2) is 11.7 Å². The molecule has 0 bridgehead atoms. The van der Waals surface area contributed by atoms with Crippen molar-refractivity contribution >= 4 is 64.3 Å². The minimum absolute atomic E-state index is 0.0474. The molecule has 123 heavy (non-hydrogen) atoms. The van der Waals surface area contributed by atoms with Crippen LogP contribution in [0.5, 0.6) is 0 Å². The summed E-state index contributed by atoms with van der Waals surface area (Å²) in [5.74, 6) is -5.28. The minimum Gasteiger partial charge on any atom is -0.479 e. The maximum Gasteiger partial charge on any atom is 0.407 e. The van der Waals surface area contributed by atoms with Gasteiger partial charge in [-0.15, -0.1) is 0 Å². The number of aromatic nitrogens is 2. The van der Waals surface area contributed by atoms with Gasteiger partial charge >= 0.3 is 24.1 Å².